The molecule has 0 aliphatic heterocycles. The number of esters is 1. The van der Waals surface area contributed by atoms with Crippen molar-refractivity contribution in [2.75, 3.05) is 5.32 Å². The quantitative estimate of drug-likeness (QED) is 0.799. The fraction of sp³-hybridized carbons (Fsp3) is 0.333. The van der Waals surface area contributed by atoms with Crippen molar-refractivity contribution < 1.29 is 14.3 Å². The number of amides is 1. The van der Waals surface area contributed by atoms with Gasteiger partial charge in [0.25, 0.3) is 5.91 Å². The predicted molar refractivity (Wildman–Crippen MR) is 103 cm³/mol. The number of fused-ring (bicyclic) bond motifs is 1. The smallest absolute Gasteiger partial charge is 0.311 e. The number of carbonyl (C=O) groups is 2. The van der Waals surface area contributed by atoms with Gasteiger partial charge in [-0.05, 0) is 67.5 Å². The third kappa shape index (κ3) is 4.25. The molecule has 0 saturated carbocycles. The van der Waals surface area contributed by atoms with E-state index in [4.69, 9.17) is 16.3 Å². The van der Waals surface area contributed by atoms with Crippen molar-refractivity contribution in [3.8, 4) is 0 Å². The van der Waals surface area contributed by atoms with E-state index in [1.165, 1.54) is 17.5 Å². The first-order valence-electron chi connectivity index (χ1n) is 8.80. The third-order valence-electron chi connectivity index (χ3n) is 4.71. The Hall–Kier alpha value is -2.33. The van der Waals surface area contributed by atoms with Crippen molar-refractivity contribution >= 4 is 29.2 Å². The van der Waals surface area contributed by atoms with Crippen LogP contribution in [0.25, 0.3) is 0 Å². The summed E-state index contributed by atoms with van der Waals surface area (Å²) >= 11 is 6.06. The van der Waals surface area contributed by atoms with E-state index in [2.05, 4.69) is 17.4 Å². The Bertz CT molecular complexity index is 847. The highest BCUT2D eigenvalue weighted by atomic mass is 35.5. The first kappa shape index (κ1) is 18.5. The molecule has 0 aromatic heterocycles. The highest BCUT2D eigenvalue weighted by Crippen LogP contribution is 2.24. The highest BCUT2D eigenvalue weighted by Gasteiger charge is 2.20. The maximum Gasteiger partial charge on any atom is 0.311 e. The second-order valence-electron chi connectivity index (χ2n) is 6.67. The zero-order valence-corrected chi connectivity index (χ0v) is 15.7. The SMILES string of the molecule is Cc1c(Cl)cccc1NC(=O)[C@@H](C)OC(=O)Cc1ccc2c(c1)CCC2. The van der Waals surface area contributed by atoms with Gasteiger partial charge in [-0.15, -0.1) is 0 Å². The van der Waals surface area contributed by atoms with Gasteiger partial charge in [-0.1, -0.05) is 35.9 Å². The van der Waals surface area contributed by atoms with Crippen LogP contribution in [0.4, 0.5) is 5.69 Å². The summed E-state index contributed by atoms with van der Waals surface area (Å²) < 4.78 is 5.29. The van der Waals surface area contributed by atoms with Crippen LogP contribution in [0.3, 0.4) is 0 Å². The topological polar surface area (TPSA) is 55.4 Å². The second kappa shape index (κ2) is 7.92. The molecule has 0 spiro atoms. The number of rotatable bonds is 5. The highest BCUT2D eigenvalue weighted by molar-refractivity contribution is 6.31. The van der Waals surface area contributed by atoms with Gasteiger partial charge in [0.1, 0.15) is 0 Å². The normalized spacial score (nSPS) is 13.8. The van der Waals surface area contributed by atoms with Crippen LogP contribution in [0.5, 0.6) is 0 Å². The predicted octanol–water partition coefficient (Wildman–Crippen LogP) is 4.25. The standard InChI is InChI=1S/C21H22ClNO3/c1-13-18(22)7-4-8-19(13)23-21(25)14(2)26-20(24)12-15-9-10-16-5-3-6-17(16)11-15/h4,7-11,14H,3,5-6,12H2,1-2H3,(H,23,25)/t14-/m1/s1. The summed E-state index contributed by atoms with van der Waals surface area (Å²) in [5, 5.41) is 3.33. The number of anilines is 1. The number of aryl methyl sites for hydroxylation is 2. The monoisotopic (exact) mass is 371 g/mol. The van der Waals surface area contributed by atoms with Crippen LogP contribution >= 0.6 is 11.6 Å². The molecule has 1 amide bonds. The average molecular weight is 372 g/mol. The van der Waals surface area contributed by atoms with Crippen LogP contribution in [0.15, 0.2) is 36.4 Å². The summed E-state index contributed by atoms with van der Waals surface area (Å²) in [7, 11) is 0. The van der Waals surface area contributed by atoms with E-state index >= 15 is 0 Å². The van der Waals surface area contributed by atoms with Gasteiger partial charge in [-0.25, -0.2) is 0 Å². The summed E-state index contributed by atoms with van der Waals surface area (Å²) in [5.41, 5.74) is 5.00. The molecule has 136 valence electrons. The summed E-state index contributed by atoms with van der Waals surface area (Å²) in [6.07, 6.45) is 2.64. The molecule has 2 aromatic carbocycles. The molecule has 1 N–H and O–H groups in total. The van der Waals surface area contributed by atoms with Crippen LogP contribution in [-0.4, -0.2) is 18.0 Å². The molecule has 1 atom stereocenters. The fourth-order valence-corrected chi connectivity index (χ4v) is 3.35. The van der Waals surface area contributed by atoms with Crippen molar-refractivity contribution in [2.45, 2.75) is 45.6 Å². The number of ether oxygens (including phenoxy) is 1. The third-order valence-corrected chi connectivity index (χ3v) is 5.12. The van der Waals surface area contributed by atoms with Crippen molar-refractivity contribution in [1.82, 2.24) is 0 Å². The minimum atomic E-state index is -0.879. The van der Waals surface area contributed by atoms with Gasteiger partial charge in [0.2, 0.25) is 0 Å². The Balaban J connectivity index is 1.56. The zero-order chi connectivity index (χ0) is 18.7. The molecule has 4 nitrogen and oxygen atoms in total. The molecule has 26 heavy (non-hydrogen) atoms. The van der Waals surface area contributed by atoms with E-state index in [1.807, 2.05) is 13.0 Å². The molecule has 1 aliphatic rings. The minimum absolute atomic E-state index is 0.168. The van der Waals surface area contributed by atoms with Crippen LogP contribution in [0.1, 0.15) is 35.6 Å². The zero-order valence-electron chi connectivity index (χ0n) is 15.0. The number of carbonyl (C=O) groups excluding carboxylic acids is 2. The molecular formula is C21H22ClNO3. The number of halogens is 1. The maximum absolute atomic E-state index is 12.3. The Morgan fingerprint density at radius 3 is 2.77 bits per heavy atom. The van der Waals surface area contributed by atoms with E-state index in [-0.39, 0.29) is 12.3 Å². The van der Waals surface area contributed by atoms with E-state index in [0.717, 1.165) is 24.0 Å². The molecular weight excluding hydrogens is 350 g/mol. The van der Waals surface area contributed by atoms with Crippen molar-refractivity contribution in [2.24, 2.45) is 0 Å². The molecule has 0 fully saturated rings. The van der Waals surface area contributed by atoms with Gasteiger partial charge in [0.15, 0.2) is 6.10 Å². The molecule has 3 rings (SSSR count). The Morgan fingerprint density at radius 2 is 1.96 bits per heavy atom. The molecule has 0 unspecified atom stereocenters. The van der Waals surface area contributed by atoms with Gasteiger partial charge in [-0.2, -0.15) is 0 Å². The molecule has 0 heterocycles. The van der Waals surface area contributed by atoms with Crippen LogP contribution in [0, 0.1) is 6.92 Å². The first-order valence-corrected chi connectivity index (χ1v) is 9.18. The molecule has 0 bridgehead atoms. The second-order valence-corrected chi connectivity index (χ2v) is 7.07. The maximum atomic E-state index is 12.3. The summed E-state index contributed by atoms with van der Waals surface area (Å²) in [6.45, 7) is 3.39. The lowest BCUT2D eigenvalue weighted by molar-refractivity contribution is -0.152. The van der Waals surface area contributed by atoms with Gasteiger partial charge >= 0.3 is 5.97 Å². The van der Waals surface area contributed by atoms with Crippen molar-refractivity contribution in [3.63, 3.8) is 0 Å². The van der Waals surface area contributed by atoms with Crippen LogP contribution in [-0.2, 0) is 33.6 Å². The lowest BCUT2D eigenvalue weighted by Gasteiger charge is -2.15. The lowest BCUT2D eigenvalue weighted by Crippen LogP contribution is -2.30. The average Bonchev–Trinajstić information content (AvgIpc) is 3.06. The van der Waals surface area contributed by atoms with Gasteiger partial charge in [-0.3, -0.25) is 9.59 Å². The summed E-state index contributed by atoms with van der Waals surface area (Å²) in [5.74, 6) is -0.786. The Morgan fingerprint density at radius 1 is 1.19 bits per heavy atom. The van der Waals surface area contributed by atoms with Crippen molar-refractivity contribution in [1.29, 1.82) is 0 Å². The van der Waals surface area contributed by atoms with Gasteiger partial charge in [0, 0.05) is 10.7 Å². The Kier molecular flexibility index (Phi) is 5.62. The largest absolute Gasteiger partial charge is 0.452 e. The van der Waals surface area contributed by atoms with Crippen LogP contribution < -0.4 is 5.32 Å². The summed E-state index contributed by atoms with van der Waals surface area (Å²) in [4.78, 5) is 24.5. The van der Waals surface area contributed by atoms with Gasteiger partial charge in [0.05, 0.1) is 6.42 Å². The van der Waals surface area contributed by atoms with E-state index in [0.29, 0.717) is 10.7 Å². The first-order chi connectivity index (χ1) is 12.4. The molecule has 5 heteroatoms. The van der Waals surface area contributed by atoms with E-state index in [9.17, 15) is 9.59 Å². The summed E-state index contributed by atoms with van der Waals surface area (Å²) in [6, 6.07) is 11.4. The van der Waals surface area contributed by atoms with Crippen molar-refractivity contribution in [3.05, 3.63) is 63.7 Å². The molecule has 1 aliphatic carbocycles. The van der Waals surface area contributed by atoms with Crippen LogP contribution in [0.2, 0.25) is 5.02 Å². The fourth-order valence-electron chi connectivity index (χ4n) is 3.17. The molecule has 0 saturated heterocycles. The minimum Gasteiger partial charge on any atom is -0.452 e. The lowest BCUT2D eigenvalue weighted by atomic mass is 10.0. The number of hydrogen-bond donors (Lipinski definition) is 1. The molecule has 2 aromatic rings. The molecule has 0 radical (unpaired) electrons. The number of benzene rings is 2. The number of hydrogen-bond acceptors (Lipinski definition) is 3. The van der Waals surface area contributed by atoms with E-state index in [1.54, 1.807) is 25.1 Å². The van der Waals surface area contributed by atoms with E-state index < -0.39 is 12.1 Å². The Labute approximate surface area is 158 Å². The number of nitrogens with one attached hydrogen (secondary N) is 1. The van der Waals surface area contributed by atoms with Gasteiger partial charge < -0.3 is 10.1 Å².